The van der Waals surface area contributed by atoms with Gasteiger partial charge in [-0.2, -0.15) is 0 Å². The number of β-amino-alcohol motifs (C(OH)–C–C–N with tert-alkyl or cyclic N) is 1. The number of aliphatic hydroxyl groups is 1. The Balaban J connectivity index is 1.57. The van der Waals surface area contributed by atoms with Crippen molar-refractivity contribution in [1.82, 2.24) is 14.9 Å². The molecule has 0 saturated carbocycles. The van der Waals surface area contributed by atoms with Crippen molar-refractivity contribution in [2.75, 3.05) is 57.9 Å². The summed E-state index contributed by atoms with van der Waals surface area (Å²) in [6.45, 7) is 11.8. The van der Waals surface area contributed by atoms with Crippen LogP contribution in [0, 0.1) is 12.8 Å². The molecule has 0 aliphatic carbocycles. The van der Waals surface area contributed by atoms with Gasteiger partial charge >= 0.3 is 0 Å². The Morgan fingerprint density at radius 1 is 0.921 bits per heavy atom. The average molecular weight is 519 g/mol. The molecule has 2 heterocycles. The van der Waals surface area contributed by atoms with Crippen molar-refractivity contribution in [3.63, 3.8) is 0 Å². The fraction of sp³-hybridized carbons (Fsp3) is 0.484. The van der Waals surface area contributed by atoms with Gasteiger partial charge in [0.1, 0.15) is 5.82 Å². The molecule has 1 fully saturated rings. The topological polar surface area (TPSA) is 71.0 Å². The molecule has 0 bridgehead atoms. The van der Waals surface area contributed by atoms with Gasteiger partial charge < -0.3 is 19.5 Å². The standard InChI is InChI=1S/C31H42N4O3/c1-23(2)20-38-21-27(36)19-34-14-16-35(17-15-34)31-28(18-25-12-10-24(3)11-13-25)29(22-37-4)32-30(33-31)26-8-6-5-7-9-26/h5-13,23,27,36H,14-22H2,1-4H3. The van der Waals surface area contributed by atoms with Crippen LogP contribution in [0.3, 0.4) is 0 Å². The van der Waals surface area contributed by atoms with Crippen LogP contribution < -0.4 is 4.90 Å². The van der Waals surface area contributed by atoms with Crippen LogP contribution in [0.2, 0.25) is 0 Å². The molecule has 1 aromatic heterocycles. The Morgan fingerprint density at radius 2 is 1.63 bits per heavy atom. The lowest BCUT2D eigenvalue weighted by molar-refractivity contribution is 0.00745. The van der Waals surface area contributed by atoms with Gasteiger partial charge in [0, 0.05) is 64.0 Å². The molecule has 1 N–H and O–H groups in total. The number of anilines is 1. The molecule has 0 amide bonds. The van der Waals surface area contributed by atoms with Gasteiger partial charge in [-0.1, -0.05) is 74.0 Å². The summed E-state index contributed by atoms with van der Waals surface area (Å²) in [5.74, 6) is 2.17. The first kappa shape index (κ1) is 28.2. The van der Waals surface area contributed by atoms with Crippen molar-refractivity contribution >= 4 is 5.82 Å². The van der Waals surface area contributed by atoms with Gasteiger partial charge in [0.2, 0.25) is 0 Å². The Hall–Kier alpha value is -2.84. The number of benzene rings is 2. The Labute approximate surface area is 227 Å². The predicted octanol–water partition coefficient (Wildman–Crippen LogP) is 4.34. The van der Waals surface area contributed by atoms with Gasteiger partial charge in [-0.3, -0.25) is 4.90 Å². The van der Waals surface area contributed by atoms with E-state index in [9.17, 15) is 5.11 Å². The van der Waals surface area contributed by atoms with Crippen LogP contribution in [0.4, 0.5) is 5.82 Å². The van der Waals surface area contributed by atoms with E-state index < -0.39 is 6.10 Å². The Kier molecular flexibility index (Phi) is 10.2. The number of nitrogens with zero attached hydrogens (tertiary/aromatic N) is 4. The number of ether oxygens (including phenoxy) is 2. The lowest BCUT2D eigenvalue weighted by Crippen LogP contribution is -2.49. The summed E-state index contributed by atoms with van der Waals surface area (Å²) in [5.41, 5.74) is 5.52. The molecular formula is C31H42N4O3. The van der Waals surface area contributed by atoms with Gasteiger partial charge in [0.15, 0.2) is 5.82 Å². The molecule has 1 unspecified atom stereocenters. The van der Waals surface area contributed by atoms with E-state index in [1.165, 1.54) is 11.1 Å². The third kappa shape index (κ3) is 7.84. The smallest absolute Gasteiger partial charge is 0.161 e. The largest absolute Gasteiger partial charge is 0.389 e. The predicted molar refractivity (Wildman–Crippen MR) is 152 cm³/mol. The SMILES string of the molecule is COCc1nc(-c2ccccc2)nc(N2CCN(CC(O)COCC(C)C)CC2)c1Cc1ccc(C)cc1. The molecule has 1 aliphatic heterocycles. The van der Waals surface area contributed by atoms with Crippen LogP contribution in [0.25, 0.3) is 11.4 Å². The van der Waals surface area contributed by atoms with E-state index in [0.717, 1.165) is 61.1 Å². The second-order valence-electron chi connectivity index (χ2n) is 10.6. The average Bonchev–Trinajstić information content (AvgIpc) is 2.91. The second-order valence-corrected chi connectivity index (χ2v) is 10.6. The molecule has 204 valence electrons. The first-order valence-corrected chi connectivity index (χ1v) is 13.7. The molecule has 7 nitrogen and oxygen atoms in total. The lowest BCUT2D eigenvalue weighted by Gasteiger charge is -2.37. The number of aliphatic hydroxyl groups excluding tert-OH is 1. The maximum atomic E-state index is 10.5. The molecule has 1 aliphatic rings. The highest BCUT2D eigenvalue weighted by Gasteiger charge is 2.25. The van der Waals surface area contributed by atoms with Crippen molar-refractivity contribution in [3.05, 3.63) is 77.0 Å². The molecule has 0 spiro atoms. The summed E-state index contributed by atoms with van der Waals surface area (Å²) >= 11 is 0. The summed E-state index contributed by atoms with van der Waals surface area (Å²) in [5, 5.41) is 10.5. The quantitative estimate of drug-likeness (QED) is 0.382. The van der Waals surface area contributed by atoms with E-state index >= 15 is 0 Å². The third-order valence-corrected chi connectivity index (χ3v) is 6.79. The first-order valence-electron chi connectivity index (χ1n) is 13.7. The van der Waals surface area contributed by atoms with E-state index in [1.807, 2.05) is 18.2 Å². The normalized spacial score (nSPS) is 15.3. The van der Waals surface area contributed by atoms with Crippen molar-refractivity contribution in [1.29, 1.82) is 0 Å². The monoisotopic (exact) mass is 518 g/mol. The van der Waals surface area contributed by atoms with E-state index in [2.05, 4.69) is 67.0 Å². The minimum absolute atomic E-state index is 0.381. The van der Waals surface area contributed by atoms with E-state index in [1.54, 1.807) is 7.11 Å². The maximum Gasteiger partial charge on any atom is 0.161 e. The van der Waals surface area contributed by atoms with Gasteiger partial charge in [0.25, 0.3) is 0 Å². The van der Waals surface area contributed by atoms with Crippen LogP contribution in [0.15, 0.2) is 54.6 Å². The second kappa shape index (κ2) is 13.8. The Morgan fingerprint density at radius 3 is 2.29 bits per heavy atom. The zero-order valence-corrected chi connectivity index (χ0v) is 23.3. The van der Waals surface area contributed by atoms with Crippen LogP contribution in [0.5, 0.6) is 0 Å². The molecule has 0 radical (unpaired) electrons. The molecule has 38 heavy (non-hydrogen) atoms. The minimum atomic E-state index is -0.477. The molecule has 4 rings (SSSR count). The number of hydrogen-bond acceptors (Lipinski definition) is 7. The number of aryl methyl sites for hydroxylation is 1. The summed E-state index contributed by atoms with van der Waals surface area (Å²) in [6, 6.07) is 18.8. The highest BCUT2D eigenvalue weighted by atomic mass is 16.5. The van der Waals surface area contributed by atoms with Crippen LogP contribution >= 0.6 is 0 Å². The molecule has 3 aromatic rings. The lowest BCUT2D eigenvalue weighted by atomic mass is 10.0. The van der Waals surface area contributed by atoms with Crippen LogP contribution in [0.1, 0.15) is 36.2 Å². The highest BCUT2D eigenvalue weighted by molar-refractivity contribution is 5.61. The van der Waals surface area contributed by atoms with Crippen molar-refractivity contribution in [3.8, 4) is 11.4 Å². The number of hydrogen-bond donors (Lipinski definition) is 1. The van der Waals surface area contributed by atoms with Gasteiger partial charge in [0.05, 0.1) is 25.0 Å². The first-order chi connectivity index (χ1) is 18.4. The number of piperazine rings is 1. The highest BCUT2D eigenvalue weighted by Crippen LogP contribution is 2.29. The number of aromatic nitrogens is 2. The van der Waals surface area contributed by atoms with E-state index in [-0.39, 0.29) is 0 Å². The zero-order chi connectivity index (χ0) is 26.9. The molecule has 1 saturated heterocycles. The summed E-state index contributed by atoms with van der Waals surface area (Å²) < 4.78 is 11.3. The van der Waals surface area contributed by atoms with Crippen molar-refractivity contribution < 1.29 is 14.6 Å². The molecule has 7 heteroatoms. The van der Waals surface area contributed by atoms with Crippen molar-refractivity contribution in [2.45, 2.75) is 39.9 Å². The molecular weight excluding hydrogens is 476 g/mol. The number of methoxy groups -OCH3 is 1. The third-order valence-electron chi connectivity index (χ3n) is 6.79. The van der Waals surface area contributed by atoms with E-state index in [4.69, 9.17) is 19.4 Å². The van der Waals surface area contributed by atoms with Crippen LogP contribution in [-0.2, 0) is 22.5 Å². The van der Waals surface area contributed by atoms with Crippen molar-refractivity contribution in [2.24, 2.45) is 5.92 Å². The molecule has 2 aromatic carbocycles. The fourth-order valence-corrected chi connectivity index (χ4v) is 4.78. The Bertz CT molecular complexity index is 1130. The van der Waals surface area contributed by atoms with Gasteiger partial charge in [-0.25, -0.2) is 9.97 Å². The van der Waals surface area contributed by atoms with Gasteiger partial charge in [-0.15, -0.1) is 0 Å². The zero-order valence-electron chi connectivity index (χ0n) is 23.3. The maximum absolute atomic E-state index is 10.5. The fourth-order valence-electron chi connectivity index (χ4n) is 4.78. The van der Waals surface area contributed by atoms with Crippen LogP contribution in [-0.4, -0.2) is 79.1 Å². The van der Waals surface area contributed by atoms with Gasteiger partial charge in [-0.05, 0) is 18.4 Å². The summed E-state index contributed by atoms with van der Waals surface area (Å²) in [7, 11) is 1.72. The minimum Gasteiger partial charge on any atom is -0.389 e. The number of rotatable bonds is 12. The molecule has 1 atom stereocenters. The summed E-state index contributed by atoms with van der Waals surface area (Å²) in [4.78, 5) is 14.8. The van der Waals surface area contributed by atoms with E-state index in [0.29, 0.717) is 32.3 Å². The summed E-state index contributed by atoms with van der Waals surface area (Å²) in [6.07, 6.45) is 0.268.